The molecule has 0 radical (unpaired) electrons. The Hall–Kier alpha value is -1.82. The van der Waals surface area contributed by atoms with Gasteiger partial charge < -0.3 is 5.11 Å². The lowest BCUT2D eigenvalue weighted by Gasteiger charge is -2.04. The van der Waals surface area contributed by atoms with Gasteiger partial charge in [0.05, 0.1) is 5.69 Å². The first-order chi connectivity index (χ1) is 8.58. The van der Waals surface area contributed by atoms with Crippen molar-refractivity contribution in [3.05, 3.63) is 57.8 Å². The number of carbonyl (C=O) groups is 1. The standard InChI is InChI=1S/C12H8BrFN2O2/c13-8-3-1-7(2-4-8)5-9-10(14)11(12(17)18)16-6-15-9/h1-4,6H,5H2,(H,17,18). The number of hydrogen-bond acceptors (Lipinski definition) is 3. The van der Waals surface area contributed by atoms with Gasteiger partial charge in [0.2, 0.25) is 0 Å². The van der Waals surface area contributed by atoms with Crippen LogP contribution in [-0.4, -0.2) is 21.0 Å². The first kappa shape index (κ1) is 12.6. The third kappa shape index (κ3) is 2.70. The molecule has 0 saturated carbocycles. The first-order valence-corrected chi connectivity index (χ1v) is 5.84. The fraction of sp³-hybridized carbons (Fsp3) is 0.0833. The number of halogens is 2. The molecule has 2 rings (SSSR count). The van der Waals surface area contributed by atoms with E-state index in [9.17, 15) is 9.18 Å². The van der Waals surface area contributed by atoms with Crippen LogP contribution in [0, 0.1) is 5.82 Å². The van der Waals surface area contributed by atoms with Gasteiger partial charge in [-0.05, 0) is 17.7 Å². The van der Waals surface area contributed by atoms with Crippen LogP contribution in [0.2, 0.25) is 0 Å². The highest BCUT2D eigenvalue weighted by molar-refractivity contribution is 9.10. The van der Waals surface area contributed by atoms with Gasteiger partial charge in [-0.1, -0.05) is 28.1 Å². The normalized spacial score (nSPS) is 10.3. The number of aromatic nitrogens is 2. The van der Waals surface area contributed by atoms with Gasteiger partial charge in [0.15, 0.2) is 11.5 Å². The lowest BCUT2D eigenvalue weighted by molar-refractivity contribution is 0.0684. The van der Waals surface area contributed by atoms with Crippen molar-refractivity contribution in [3.8, 4) is 0 Å². The second-order valence-corrected chi connectivity index (χ2v) is 4.51. The molecular weight excluding hydrogens is 303 g/mol. The highest BCUT2D eigenvalue weighted by Gasteiger charge is 2.16. The molecule has 1 N–H and O–H groups in total. The highest BCUT2D eigenvalue weighted by Crippen LogP contribution is 2.15. The number of carboxylic acids is 1. The zero-order valence-electron chi connectivity index (χ0n) is 9.10. The minimum absolute atomic E-state index is 0.0738. The summed E-state index contributed by atoms with van der Waals surface area (Å²) in [6.07, 6.45) is 1.28. The van der Waals surface area contributed by atoms with Gasteiger partial charge in [0, 0.05) is 10.9 Å². The summed E-state index contributed by atoms with van der Waals surface area (Å²) >= 11 is 3.30. The van der Waals surface area contributed by atoms with E-state index in [1.807, 2.05) is 24.3 Å². The molecule has 6 heteroatoms. The van der Waals surface area contributed by atoms with Crippen molar-refractivity contribution in [2.24, 2.45) is 0 Å². The van der Waals surface area contributed by atoms with Crippen molar-refractivity contribution in [1.29, 1.82) is 0 Å². The molecule has 18 heavy (non-hydrogen) atoms. The fourth-order valence-corrected chi connectivity index (χ4v) is 1.74. The van der Waals surface area contributed by atoms with Crippen LogP contribution in [0.1, 0.15) is 21.7 Å². The summed E-state index contributed by atoms with van der Waals surface area (Å²) in [6.45, 7) is 0. The van der Waals surface area contributed by atoms with Crippen LogP contribution in [0.4, 0.5) is 4.39 Å². The Bertz CT molecular complexity index is 587. The molecule has 92 valence electrons. The van der Waals surface area contributed by atoms with E-state index < -0.39 is 17.5 Å². The van der Waals surface area contributed by atoms with E-state index >= 15 is 0 Å². The van der Waals surface area contributed by atoms with Crippen molar-refractivity contribution in [1.82, 2.24) is 9.97 Å². The molecule has 0 atom stereocenters. The maximum Gasteiger partial charge on any atom is 0.357 e. The molecule has 0 aliphatic rings. The van der Waals surface area contributed by atoms with Gasteiger partial charge in [-0.2, -0.15) is 0 Å². The molecule has 0 amide bonds. The van der Waals surface area contributed by atoms with Crippen molar-refractivity contribution < 1.29 is 14.3 Å². The van der Waals surface area contributed by atoms with E-state index in [0.29, 0.717) is 0 Å². The Kier molecular flexibility index (Phi) is 3.66. The Labute approximate surface area is 111 Å². The number of benzene rings is 1. The van der Waals surface area contributed by atoms with Gasteiger partial charge >= 0.3 is 5.97 Å². The lowest BCUT2D eigenvalue weighted by Crippen LogP contribution is -2.09. The predicted octanol–water partition coefficient (Wildman–Crippen LogP) is 2.67. The molecule has 1 aromatic carbocycles. The Morgan fingerprint density at radius 3 is 2.56 bits per heavy atom. The van der Waals surface area contributed by atoms with Gasteiger partial charge in [-0.25, -0.2) is 19.2 Å². The lowest BCUT2D eigenvalue weighted by atomic mass is 10.1. The molecule has 0 saturated heterocycles. The third-order valence-electron chi connectivity index (χ3n) is 2.35. The Balaban J connectivity index is 2.32. The molecule has 0 spiro atoms. The zero-order chi connectivity index (χ0) is 13.1. The minimum Gasteiger partial charge on any atom is -0.476 e. The van der Waals surface area contributed by atoms with Crippen LogP contribution in [0.3, 0.4) is 0 Å². The Morgan fingerprint density at radius 2 is 1.94 bits per heavy atom. The average molecular weight is 311 g/mol. The number of carboxylic acid groups (broad SMARTS) is 1. The molecule has 2 aromatic rings. The maximum absolute atomic E-state index is 13.8. The van der Waals surface area contributed by atoms with E-state index in [4.69, 9.17) is 5.11 Å². The van der Waals surface area contributed by atoms with Gasteiger partial charge in [0.1, 0.15) is 6.33 Å². The number of rotatable bonds is 3. The second-order valence-electron chi connectivity index (χ2n) is 3.59. The predicted molar refractivity (Wildman–Crippen MR) is 65.9 cm³/mol. The van der Waals surface area contributed by atoms with Crippen LogP contribution in [0.5, 0.6) is 0 Å². The molecule has 4 nitrogen and oxygen atoms in total. The molecule has 0 unspecified atom stereocenters. The summed E-state index contributed by atoms with van der Waals surface area (Å²) in [6, 6.07) is 7.28. The van der Waals surface area contributed by atoms with Crippen LogP contribution in [-0.2, 0) is 6.42 Å². The summed E-state index contributed by atoms with van der Waals surface area (Å²) in [5.74, 6) is -2.28. The van der Waals surface area contributed by atoms with Crippen molar-refractivity contribution in [2.45, 2.75) is 6.42 Å². The molecule has 0 aliphatic heterocycles. The Morgan fingerprint density at radius 1 is 1.28 bits per heavy atom. The van der Waals surface area contributed by atoms with Gasteiger partial charge in [-0.3, -0.25) is 0 Å². The zero-order valence-corrected chi connectivity index (χ0v) is 10.7. The maximum atomic E-state index is 13.8. The fourth-order valence-electron chi connectivity index (χ4n) is 1.47. The summed E-state index contributed by atoms with van der Waals surface area (Å²) in [4.78, 5) is 17.9. The third-order valence-corrected chi connectivity index (χ3v) is 2.88. The number of hydrogen-bond donors (Lipinski definition) is 1. The quantitative estimate of drug-likeness (QED) is 0.946. The van der Waals surface area contributed by atoms with Crippen LogP contribution >= 0.6 is 15.9 Å². The first-order valence-electron chi connectivity index (χ1n) is 5.05. The molecule has 0 fully saturated rings. The molecule has 0 aliphatic carbocycles. The van der Waals surface area contributed by atoms with Crippen molar-refractivity contribution in [2.75, 3.05) is 0 Å². The summed E-state index contributed by atoms with van der Waals surface area (Å²) < 4.78 is 14.7. The molecule has 1 heterocycles. The monoisotopic (exact) mass is 310 g/mol. The van der Waals surface area contributed by atoms with Crippen LogP contribution in [0.15, 0.2) is 35.1 Å². The topological polar surface area (TPSA) is 63.1 Å². The smallest absolute Gasteiger partial charge is 0.357 e. The average Bonchev–Trinajstić information content (AvgIpc) is 2.34. The summed E-state index contributed by atoms with van der Waals surface area (Å²) in [5, 5.41) is 8.76. The van der Waals surface area contributed by atoms with E-state index in [0.717, 1.165) is 16.4 Å². The summed E-state index contributed by atoms with van der Waals surface area (Å²) in [5.41, 5.74) is 0.314. The van der Waals surface area contributed by atoms with Gasteiger partial charge in [0.25, 0.3) is 0 Å². The van der Waals surface area contributed by atoms with Crippen molar-refractivity contribution in [3.63, 3.8) is 0 Å². The van der Waals surface area contributed by atoms with E-state index in [1.54, 1.807) is 0 Å². The van der Waals surface area contributed by atoms with Crippen LogP contribution < -0.4 is 0 Å². The molecule has 1 aromatic heterocycles. The second kappa shape index (κ2) is 5.22. The van der Waals surface area contributed by atoms with E-state index in [1.165, 1.54) is 0 Å². The van der Waals surface area contributed by atoms with E-state index in [2.05, 4.69) is 25.9 Å². The van der Waals surface area contributed by atoms with E-state index in [-0.39, 0.29) is 12.1 Å². The summed E-state index contributed by atoms with van der Waals surface area (Å²) in [7, 11) is 0. The molecule has 0 bridgehead atoms. The van der Waals surface area contributed by atoms with Crippen LogP contribution in [0.25, 0.3) is 0 Å². The SMILES string of the molecule is O=C(O)c1ncnc(Cc2ccc(Br)cc2)c1F. The van der Waals surface area contributed by atoms with Gasteiger partial charge in [-0.15, -0.1) is 0 Å². The minimum atomic E-state index is -1.40. The largest absolute Gasteiger partial charge is 0.476 e. The number of nitrogens with zero attached hydrogens (tertiary/aromatic N) is 2. The molecular formula is C12H8BrFN2O2. The number of aromatic carboxylic acids is 1. The highest BCUT2D eigenvalue weighted by atomic mass is 79.9. The van der Waals surface area contributed by atoms with Crippen molar-refractivity contribution >= 4 is 21.9 Å².